The van der Waals surface area contributed by atoms with Crippen LogP contribution in [0.1, 0.15) is 27.0 Å². The molecule has 3 nitrogen and oxygen atoms in total. The normalized spacial score (nSPS) is 10.2. The number of rotatable bonds is 4. The van der Waals surface area contributed by atoms with E-state index < -0.39 is 0 Å². The predicted molar refractivity (Wildman–Crippen MR) is 105 cm³/mol. The number of benzene rings is 3. The maximum atomic E-state index is 13.1. The summed E-state index contributed by atoms with van der Waals surface area (Å²) in [6.07, 6.45) is 0. The smallest absolute Gasteiger partial charge is 0.193 e. The van der Waals surface area contributed by atoms with Crippen molar-refractivity contribution in [2.24, 2.45) is 0 Å². The number of hydrogen-bond donors (Lipinski definition) is 0. The fourth-order valence-electron chi connectivity index (χ4n) is 2.79. The molecule has 0 amide bonds. The monoisotopic (exact) mass is 405 g/mol. The second-order valence-electron chi connectivity index (χ2n) is 5.87. The summed E-state index contributed by atoms with van der Waals surface area (Å²) in [4.78, 5) is 13.1. The Balaban J connectivity index is 2.17. The fourth-order valence-corrected chi connectivity index (χ4v) is 3.27. The van der Waals surface area contributed by atoms with E-state index in [9.17, 15) is 10.1 Å². The molecule has 26 heavy (non-hydrogen) atoms. The molecule has 0 spiro atoms. The third-order valence-corrected chi connectivity index (χ3v) is 5.28. The molecule has 0 aliphatic heterocycles. The van der Waals surface area contributed by atoms with Gasteiger partial charge in [0.1, 0.15) is 5.75 Å². The third-order valence-electron chi connectivity index (χ3n) is 4.23. The minimum absolute atomic E-state index is 0.131. The van der Waals surface area contributed by atoms with Crippen LogP contribution in [-0.4, -0.2) is 12.9 Å². The van der Waals surface area contributed by atoms with Crippen molar-refractivity contribution in [2.75, 3.05) is 7.11 Å². The fraction of sp³-hybridized carbons (Fsp3) is 0.0909. The van der Waals surface area contributed by atoms with Gasteiger partial charge in [0.15, 0.2) is 5.78 Å². The largest absolute Gasteiger partial charge is 0.497 e. The van der Waals surface area contributed by atoms with Gasteiger partial charge in [0, 0.05) is 15.6 Å². The van der Waals surface area contributed by atoms with Gasteiger partial charge in [-0.2, -0.15) is 5.26 Å². The van der Waals surface area contributed by atoms with E-state index in [0.717, 1.165) is 21.2 Å². The first-order chi connectivity index (χ1) is 12.5. The highest BCUT2D eigenvalue weighted by Crippen LogP contribution is 2.34. The summed E-state index contributed by atoms with van der Waals surface area (Å²) in [5.41, 5.74) is 4.29. The second kappa shape index (κ2) is 7.55. The minimum Gasteiger partial charge on any atom is -0.497 e. The number of methoxy groups -OCH3 is 1. The Kier molecular flexibility index (Phi) is 5.20. The lowest BCUT2D eigenvalue weighted by Crippen LogP contribution is -2.05. The molecule has 3 aromatic rings. The standard InChI is InChI=1S/C22H16BrNO2/c1-14-4-3-5-19(21(14)23)18-11-6-15(13-24)12-20(18)22(25)16-7-9-17(26-2)10-8-16/h3-12H,1-2H3. The van der Waals surface area contributed by atoms with Crippen LogP contribution in [0.2, 0.25) is 0 Å². The number of aryl methyl sites for hydroxylation is 1. The van der Waals surface area contributed by atoms with E-state index in [2.05, 4.69) is 22.0 Å². The van der Waals surface area contributed by atoms with Crippen LogP contribution in [0.5, 0.6) is 5.75 Å². The molecule has 0 N–H and O–H groups in total. The molecule has 128 valence electrons. The topological polar surface area (TPSA) is 50.1 Å². The van der Waals surface area contributed by atoms with Crippen LogP contribution in [0.15, 0.2) is 65.1 Å². The molecule has 3 rings (SSSR count). The SMILES string of the molecule is COc1ccc(C(=O)c2cc(C#N)ccc2-c2cccc(C)c2Br)cc1. The zero-order chi connectivity index (χ0) is 18.7. The van der Waals surface area contributed by atoms with E-state index in [0.29, 0.717) is 22.4 Å². The quantitative estimate of drug-likeness (QED) is 0.535. The number of ketones is 1. The Hall–Kier alpha value is -2.90. The maximum Gasteiger partial charge on any atom is 0.193 e. The summed E-state index contributed by atoms with van der Waals surface area (Å²) in [6.45, 7) is 2.00. The molecule has 0 saturated heterocycles. The molecule has 0 bridgehead atoms. The Morgan fingerprint density at radius 2 is 1.77 bits per heavy atom. The molecular weight excluding hydrogens is 390 g/mol. The van der Waals surface area contributed by atoms with E-state index in [1.165, 1.54) is 0 Å². The highest BCUT2D eigenvalue weighted by Gasteiger charge is 2.18. The highest BCUT2D eigenvalue weighted by molar-refractivity contribution is 9.10. The summed E-state index contributed by atoms with van der Waals surface area (Å²) in [7, 11) is 1.58. The van der Waals surface area contributed by atoms with Gasteiger partial charge in [-0.25, -0.2) is 0 Å². The summed E-state index contributed by atoms with van der Waals surface area (Å²) >= 11 is 3.62. The van der Waals surface area contributed by atoms with Crippen molar-refractivity contribution in [3.63, 3.8) is 0 Å². The molecule has 0 heterocycles. The average molecular weight is 406 g/mol. The first-order valence-electron chi connectivity index (χ1n) is 8.03. The van der Waals surface area contributed by atoms with Crippen molar-refractivity contribution in [2.45, 2.75) is 6.92 Å². The van der Waals surface area contributed by atoms with Gasteiger partial charge in [-0.3, -0.25) is 4.79 Å². The molecular formula is C22H16BrNO2. The van der Waals surface area contributed by atoms with Gasteiger partial charge in [0.2, 0.25) is 0 Å². The van der Waals surface area contributed by atoms with Crippen LogP contribution in [0.25, 0.3) is 11.1 Å². The van der Waals surface area contributed by atoms with Crippen LogP contribution < -0.4 is 4.74 Å². The van der Waals surface area contributed by atoms with Crippen LogP contribution in [0.4, 0.5) is 0 Å². The van der Waals surface area contributed by atoms with E-state index in [4.69, 9.17) is 4.74 Å². The molecule has 0 saturated carbocycles. The number of nitriles is 1. The Bertz CT molecular complexity index is 1020. The summed E-state index contributed by atoms with van der Waals surface area (Å²) in [6, 6.07) is 20.2. The van der Waals surface area contributed by atoms with Crippen LogP contribution in [-0.2, 0) is 0 Å². The molecule has 4 heteroatoms. The van der Waals surface area contributed by atoms with Crippen molar-refractivity contribution < 1.29 is 9.53 Å². The van der Waals surface area contributed by atoms with Gasteiger partial charge in [0.25, 0.3) is 0 Å². The molecule has 0 aromatic heterocycles. The van der Waals surface area contributed by atoms with Crippen molar-refractivity contribution >= 4 is 21.7 Å². The van der Waals surface area contributed by atoms with E-state index in [-0.39, 0.29) is 5.78 Å². The molecule has 0 radical (unpaired) electrons. The lowest BCUT2D eigenvalue weighted by Gasteiger charge is -2.13. The van der Waals surface area contributed by atoms with Gasteiger partial charge in [-0.1, -0.05) is 24.3 Å². The Labute approximate surface area is 161 Å². The number of carbonyl (C=O) groups excluding carboxylic acids is 1. The van der Waals surface area contributed by atoms with Crippen molar-refractivity contribution in [3.8, 4) is 22.9 Å². The summed E-state index contributed by atoms with van der Waals surface area (Å²) in [5.74, 6) is 0.558. The predicted octanol–water partition coefficient (Wildman–Crippen LogP) is 5.54. The Morgan fingerprint density at radius 3 is 2.42 bits per heavy atom. The van der Waals surface area contributed by atoms with Gasteiger partial charge in [0.05, 0.1) is 18.7 Å². The van der Waals surface area contributed by atoms with E-state index in [1.54, 1.807) is 43.5 Å². The maximum absolute atomic E-state index is 13.1. The molecule has 0 aliphatic rings. The van der Waals surface area contributed by atoms with Gasteiger partial charge < -0.3 is 4.74 Å². The van der Waals surface area contributed by atoms with E-state index in [1.807, 2.05) is 31.2 Å². The molecule has 0 atom stereocenters. The number of ether oxygens (including phenoxy) is 1. The summed E-state index contributed by atoms with van der Waals surface area (Å²) in [5, 5.41) is 9.26. The first kappa shape index (κ1) is 17.9. The van der Waals surface area contributed by atoms with Gasteiger partial charge >= 0.3 is 0 Å². The molecule has 0 fully saturated rings. The van der Waals surface area contributed by atoms with Crippen LogP contribution in [0.3, 0.4) is 0 Å². The lowest BCUT2D eigenvalue weighted by atomic mass is 9.92. The first-order valence-corrected chi connectivity index (χ1v) is 8.83. The Morgan fingerprint density at radius 1 is 1.04 bits per heavy atom. The zero-order valence-electron chi connectivity index (χ0n) is 14.4. The molecule has 3 aromatic carbocycles. The number of hydrogen-bond acceptors (Lipinski definition) is 3. The van der Waals surface area contributed by atoms with E-state index >= 15 is 0 Å². The lowest BCUT2D eigenvalue weighted by molar-refractivity contribution is 0.103. The highest BCUT2D eigenvalue weighted by atomic mass is 79.9. The number of carbonyl (C=O) groups is 1. The second-order valence-corrected chi connectivity index (χ2v) is 6.66. The minimum atomic E-state index is -0.131. The molecule has 0 unspecified atom stereocenters. The molecule has 0 aliphatic carbocycles. The van der Waals surface area contributed by atoms with Crippen molar-refractivity contribution in [1.82, 2.24) is 0 Å². The van der Waals surface area contributed by atoms with Crippen LogP contribution >= 0.6 is 15.9 Å². The van der Waals surface area contributed by atoms with Crippen molar-refractivity contribution in [1.29, 1.82) is 5.26 Å². The van der Waals surface area contributed by atoms with Crippen molar-refractivity contribution in [3.05, 3.63) is 87.4 Å². The van der Waals surface area contributed by atoms with Crippen LogP contribution in [0, 0.1) is 18.3 Å². The average Bonchev–Trinajstić information content (AvgIpc) is 2.69. The van der Waals surface area contributed by atoms with Gasteiger partial charge in [-0.05, 0) is 75.9 Å². The third kappa shape index (κ3) is 3.40. The number of halogens is 1. The zero-order valence-corrected chi connectivity index (χ0v) is 16.0. The number of nitrogens with zero attached hydrogens (tertiary/aromatic N) is 1. The summed E-state index contributed by atoms with van der Waals surface area (Å²) < 4.78 is 6.09. The van der Waals surface area contributed by atoms with Gasteiger partial charge in [-0.15, -0.1) is 0 Å².